The molecular weight excluding hydrogens is 318 g/mol. The fourth-order valence-corrected chi connectivity index (χ4v) is 2.81. The Morgan fingerprint density at radius 3 is 2.68 bits per heavy atom. The molecule has 0 aliphatic heterocycles. The summed E-state index contributed by atoms with van der Waals surface area (Å²) in [5, 5.41) is 7.03. The van der Waals surface area contributed by atoms with Gasteiger partial charge in [0.15, 0.2) is 21.7 Å². The number of hydrogen-bond donors (Lipinski definition) is 2. The molecule has 3 rings (SSSR count). The quantitative estimate of drug-likeness (QED) is 0.569. The van der Waals surface area contributed by atoms with Crippen molar-refractivity contribution < 1.29 is 8.76 Å². The maximum Gasteiger partial charge on any atom is 0.195 e. The maximum absolute atomic E-state index is 11.2. The van der Waals surface area contributed by atoms with Crippen molar-refractivity contribution in [2.75, 3.05) is 0 Å². The Balaban J connectivity index is 2.04. The van der Waals surface area contributed by atoms with Crippen LogP contribution < -0.4 is 0 Å². The molecule has 1 heterocycles. The zero-order valence-corrected chi connectivity index (χ0v) is 13.1. The SMILES string of the molecule is O=S(O)c1cccc(-c2n[nH]c(=S)n2Cc2ccccc2)c1. The van der Waals surface area contributed by atoms with E-state index in [-0.39, 0.29) is 0 Å². The van der Waals surface area contributed by atoms with Crippen LogP contribution in [0.4, 0.5) is 0 Å². The van der Waals surface area contributed by atoms with Crippen molar-refractivity contribution in [1.29, 1.82) is 0 Å². The number of aromatic amines is 1. The molecule has 112 valence electrons. The second-order valence-electron chi connectivity index (χ2n) is 4.70. The van der Waals surface area contributed by atoms with Gasteiger partial charge in [-0.05, 0) is 29.9 Å². The fourth-order valence-electron chi connectivity index (χ4n) is 2.19. The molecule has 1 atom stereocenters. The predicted molar refractivity (Wildman–Crippen MR) is 87.4 cm³/mol. The van der Waals surface area contributed by atoms with E-state index in [9.17, 15) is 8.76 Å². The van der Waals surface area contributed by atoms with Crippen molar-refractivity contribution in [3.05, 3.63) is 64.9 Å². The van der Waals surface area contributed by atoms with Crippen LogP contribution in [0.15, 0.2) is 59.5 Å². The van der Waals surface area contributed by atoms with Crippen LogP contribution in [0.3, 0.4) is 0 Å². The summed E-state index contributed by atoms with van der Waals surface area (Å²) in [5.41, 5.74) is 1.84. The van der Waals surface area contributed by atoms with E-state index in [2.05, 4.69) is 10.2 Å². The Hall–Kier alpha value is -2.09. The zero-order chi connectivity index (χ0) is 15.5. The van der Waals surface area contributed by atoms with Crippen molar-refractivity contribution in [2.24, 2.45) is 0 Å². The maximum atomic E-state index is 11.2. The number of rotatable bonds is 4. The number of nitrogens with one attached hydrogen (secondary N) is 1. The highest BCUT2D eigenvalue weighted by atomic mass is 32.2. The molecule has 1 aromatic heterocycles. The molecule has 2 N–H and O–H groups in total. The normalized spacial score (nSPS) is 12.2. The average Bonchev–Trinajstić information content (AvgIpc) is 2.89. The van der Waals surface area contributed by atoms with Crippen LogP contribution in [0.2, 0.25) is 0 Å². The summed E-state index contributed by atoms with van der Waals surface area (Å²) in [6.45, 7) is 0.581. The van der Waals surface area contributed by atoms with Gasteiger partial charge in [0, 0.05) is 5.56 Å². The van der Waals surface area contributed by atoms with E-state index in [1.807, 2.05) is 41.0 Å². The third-order valence-corrected chi connectivity index (χ3v) is 4.20. The molecule has 0 saturated carbocycles. The zero-order valence-electron chi connectivity index (χ0n) is 11.5. The number of benzene rings is 2. The fraction of sp³-hybridized carbons (Fsp3) is 0.0667. The Morgan fingerprint density at radius 1 is 1.18 bits per heavy atom. The summed E-state index contributed by atoms with van der Waals surface area (Å²) in [5.74, 6) is 0.640. The summed E-state index contributed by atoms with van der Waals surface area (Å²) in [4.78, 5) is 0.331. The molecule has 0 amide bonds. The van der Waals surface area contributed by atoms with Crippen LogP contribution >= 0.6 is 12.2 Å². The summed E-state index contributed by atoms with van der Waals surface area (Å²) < 4.78 is 22.8. The second-order valence-corrected chi connectivity index (χ2v) is 6.06. The monoisotopic (exact) mass is 331 g/mol. The van der Waals surface area contributed by atoms with Crippen LogP contribution in [0.25, 0.3) is 11.4 Å². The van der Waals surface area contributed by atoms with Gasteiger partial charge in [0.2, 0.25) is 0 Å². The first kappa shape index (κ1) is 14.8. The van der Waals surface area contributed by atoms with Crippen molar-refractivity contribution in [2.45, 2.75) is 11.4 Å². The summed E-state index contributed by atoms with van der Waals surface area (Å²) >= 11 is 3.27. The molecule has 0 radical (unpaired) electrons. The van der Waals surface area contributed by atoms with Gasteiger partial charge in [0.1, 0.15) is 0 Å². The Bertz CT molecular complexity index is 872. The van der Waals surface area contributed by atoms with E-state index >= 15 is 0 Å². The third-order valence-electron chi connectivity index (χ3n) is 3.24. The number of nitrogens with zero attached hydrogens (tertiary/aromatic N) is 2. The average molecular weight is 331 g/mol. The number of hydrogen-bond acceptors (Lipinski definition) is 3. The molecule has 0 bridgehead atoms. The van der Waals surface area contributed by atoms with Crippen molar-refractivity contribution in [3.63, 3.8) is 0 Å². The third kappa shape index (κ3) is 3.06. The first-order chi connectivity index (χ1) is 10.6. The highest BCUT2D eigenvalue weighted by Crippen LogP contribution is 2.21. The van der Waals surface area contributed by atoms with Gasteiger partial charge >= 0.3 is 0 Å². The molecule has 5 nitrogen and oxygen atoms in total. The van der Waals surface area contributed by atoms with Gasteiger partial charge in [0.25, 0.3) is 0 Å². The van der Waals surface area contributed by atoms with Gasteiger partial charge in [-0.2, -0.15) is 5.10 Å². The van der Waals surface area contributed by atoms with E-state index in [0.29, 0.717) is 22.0 Å². The molecule has 0 saturated heterocycles. The minimum atomic E-state index is -2.02. The number of aromatic nitrogens is 3. The highest BCUT2D eigenvalue weighted by molar-refractivity contribution is 7.79. The lowest BCUT2D eigenvalue weighted by atomic mass is 10.2. The topological polar surface area (TPSA) is 70.9 Å². The Labute approximate surface area is 134 Å². The molecule has 0 fully saturated rings. The smallest absolute Gasteiger partial charge is 0.195 e. The van der Waals surface area contributed by atoms with Crippen molar-refractivity contribution in [1.82, 2.24) is 14.8 Å². The molecule has 3 aromatic rings. The van der Waals surface area contributed by atoms with Gasteiger partial charge in [-0.1, -0.05) is 42.5 Å². The van der Waals surface area contributed by atoms with Gasteiger partial charge in [-0.3, -0.25) is 9.67 Å². The highest BCUT2D eigenvalue weighted by Gasteiger charge is 2.11. The first-order valence-electron chi connectivity index (χ1n) is 6.55. The lowest BCUT2D eigenvalue weighted by Gasteiger charge is -2.07. The molecule has 1 unspecified atom stereocenters. The second kappa shape index (κ2) is 6.35. The molecule has 0 aliphatic carbocycles. The van der Waals surface area contributed by atoms with Crippen LogP contribution in [0, 0.1) is 4.77 Å². The van der Waals surface area contributed by atoms with E-state index in [1.54, 1.807) is 18.2 Å². The Kier molecular flexibility index (Phi) is 4.28. The first-order valence-corrected chi connectivity index (χ1v) is 8.07. The van der Waals surface area contributed by atoms with E-state index in [4.69, 9.17) is 12.2 Å². The van der Waals surface area contributed by atoms with Crippen LogP contribution in [-0.4, -0.2) is 23.5 Å². The standard InChI is InChI=1S/C15H13N3O2S2/c19-22(20)13-8-4-7-12(9-13)14-16-17-15(21)18(14)10-11-5-2-1-3-6-11/h1-9H,10H2,(H,17,21)(H,19,20). The number of H-pyrrole nitrogens is 1. The molecular formula is C15H13N3O2S2. The van der Waals surface area contributed by atoms with Gasteiger partial charge < -0.3 is 4.55 Å². The van der Waals surface area contributed by atoms with E-state index in [0.717, 1.165) is 11.1 Å². The van der Waals surface area contributed by atoms with Crippen molar-refractivity contribution >= 4 is 23.3 Å². The molecule has 0 spiro atoms. The van der Waals surface area contributed by atoms with Crippen LogP contribution in [0.1, 0.15) is 5.56 Å². The largest absolute Gasteiger partial charge is 0.302 e. The van der Waals surface area contributed by atoms with Gasteiger partial charge in [-0.25, -0.2) is 4.21 Å². The summed E-state index contributed by atoms with van der Waals surface area (Å²) in [6.07, 6.45) is 0. The molecule has 7 heteroatoms. The molecule has 0 aliphatic rings. The van der Waals surface area contributed by atoms with Crippen LogP contribution in [-0.2, 0) is 17.6 Å². The minimum absolute atomic E-state index is 0.331. The van der Waals surface area contributed by atoms with E-state index in [1.165, 1.54) is 0 Å². The lowest BCUT2D eigenvalue weighted by molar-refractivity contribution is 0.564. The van der Waals surface area contributed by atoms with Gasteiger partial charge in [0.05, 0.1) is 11.4 Å². The Morgan fingerprint density at radius 2 is 1.95 bits per heavy atom. The minimum Gasteiger partial charge on any atom is -0.302 e. The molecule has 2 aromatic carbocycles. The van der Waals surface area contributed by atoms with Gasteiger partial charge in [-0.15, -0.1) is 0 Å². The van der Waals surface area contributed by atoms with E-state index < -0.39 is 11.1 Å². The summed E-state index contributed by atoms with van der Waals surface area (Å²) in [6, 6.07) is 16.7. The molecule has 22 heavy (non-hydrogen) atoms. The van der Waals surface area contributed by atoms with Crippen LogP contribution in [0.5, 0.6) is 0 Å². The lowest BCUT2D eigenvalue weighted by Crippen LogP contribution is -2.02. The predicted octanol–water partition coefficient (Wildman–Crippen LogP) is 3.24. The summed E-state index contributed by atoms with van der Waals surface area (Å²) in [7, 11) is 0. The van der Waals surface area contributed by atoms with Crippen molar-refractivity contribution in [3.8, 4) is 11.4 Å².